The first-order valence-corrected chi connectivity index (χ1v) is 15.8. The van der Waals surface area contributed by atoms with Gasteiger partial charge in [-0.2, -0.15) is 4.39 Å². The summed E-state index contributed by atoms with van der Waals surface area (Å²) in [5.41, 5.74) is 2.12. The van der Waals surface area contributed by atoms with Crippen LogP contribution in [-0.4, -0.2) is 15.8 Å². The number of hydrogen-bond donors (Lipinski definition) is 0. The molecule has 0 fully saturated rings. The van der Waals surface area contributed by atoms with E-state index < -0.39 is 5.85 Å². The molecular weight excluding hydrogens is 471 g/mol. The van der Waals surface area contributed by atoms with E-state index >= 15 is 0 Å². The molecule has 0 aliphatic heterocycles. The third-order valence-corrected chi connectivity index (χ3v) is 7.44. The lowest BCUT2D eigenvalue weighted by Crippen LogP contribution is -2.26. The van der Waals surface area contributed by atoms with Gasteiger partial charge < -0.3 is 4.74 Å². The zero-order valence-corrected chi connectivity index (χ0v) is 24.8. The fraction of sp³-hybridized carbons (Fsp3) is 0.706. The Labute approximate surface area is 233 Å². The summed E-state index contributed by atoms with van der Waals surface area (Å²) in [6.07, 6.45) is 28.4. The molecule has 0 radical (unpaired) electrons. The summed E-state index contributed by atoms with van der Waals surface area (Å²) in [5, 5.41) is 0. The second-order valence-corrected chi connectivity index (χ2v) is 11.3. The van der Waals surface area contributed by atoms with Crippen LogP contribution in [0.25, 0.3) is 11.4 Å². The monoisotopic (exact) mass is 526 g/mol. The van der Waals surface area contributed by atoms with Crippen LogP contribution in [0.1, 0.15) is 148 Å². The van der Waals surface area contributed by atoms with Gasteiger partial charge in [0.15, 0.2) is 5.82 Å². The Morgan fingerprint density at radius 3 is 1.58 bits per heavy atom. The SMILES string of the molecule is CCCCCCCCCCCc1cnc(-c2ccc(OC(C)(F)CCCCCCCCCCC)cc2)nc1. The lowest BCUT2D eigenvalue weighted by molar-refractivity contribution is -0.0530. The van der Waals surface area contributed by atoms with E-state index in [9.17, 15) is 4.39 Å². The maximum absolute atomic E-state index is 14.9. The Morgan fingerprint density at radius 2 is 1.08 bits per heavy atom. The minimum atomic E-state index is -1.64. The molecule has 1 unspecified atom stereocenters. The van der Waals surface area contributed by atoms with Gasteiger partial charge in [-0.05, 0) is 49.1 Å². The number of hydrogen-bond acceptors (Lipinski definition) is 3. The normalized spacial score (nSPS) is 12.9. The van der Waals surface area contributed by atoms with E-state index in [2.05, 4.69) is 23.8 Å². The Bertz CT molecular complexity index is 819. The number of halogens is 1. The summed E-state index contributed by atoms with van der Waals surface area (Å²) in [7, 11) is 0. The number of alkyl halides is 1. The number of rotatable bonds is 23. The predicted octanol–water partition coefficient (Wildman–Crippen LogP) is 11.2. The van der Waals surface area contributed by atoms with Crippen LogP contribution in [0.15, 0.2) is 36.7 Å². The highest BCUT2D eigenvalue weighted by atomic mass is 19.2. The van der Waals surface area contributed by atoms with Crippen LogP contribution in [0, 0.1) is 0 Å². The van der Waals surface area contributed by atoms with Gasteiger partial charge in [0.1, 0.15) is 5.75 Å². The molecule has 1 heterocycles. The van der Waals surface area contributed by atoms with E-state index in [1.165, 1.54) is 108 Å². The molecule has 0 spiro atoms. The van der Waals surface area contributed by atoms with Crippen molar-refractivity contribution in [1.82, 2.24) is 9.97 Å². The molecule has 3 nitrogen and oxygen atoms in total. The number of benzene rings is 1. The molecule has 38 heavy (non-hydrogen) atoms. The van der Waals surface area contributed by atoms with Crippen molar-refractivity contribution in [1.29, 1.82) is 0 Å². The van der Waals surface area contributed by atoms with Crippen molar-refractivity contribution in [2.45, 2.75) is 155 Å². The number of ether oxygens (including phenoxy) is 1. The third kappa shape index (κ3) is 14.8. The lowest BCUT2D eigenvalue weighted by Gasteiger charge is -2.22. The van der Waals surface area contributed by atoms with E-state index in [1.807, 2.05) is 36.7 Å². The number of aryl methyl sites for hydroxylation is 1. The molecule has 1 aromatic heterocycles. The quantitative estimate of drug-likeness (QED) is 0.135. The topological polar surface area (TPSA) is 35.0 Å². The molecule has 0 N–H and O–H groups in total. The van der Waals surface area contributed by atoms with Crippen LogP contribution in [0.4, 0.5) is 4.39 Å². The molecule has 0 aliphatic rings. The van der Waals surface area contributed by atoms with Gasteiger partial charge in [0.25, 0.3) is 0 Å². The average molecular weight is 527 g/mol. The maximum atomic E-state index is 14.9. The highest BCUT2D eigenvalue weighted by Crippen LogP contribution is 2.27. The van der Waals surface area contributed by atoms with Crippen LogP contribution >= 0.6 is 0 Å². The number of aromatic nitrogens is 2. The summed E-state index contributed by atoms with van der Waals surface area (Å²) < 4.78 is 20.6. The summed E-state index contributed by atoms with van der Waals surface area (Å²) in [6.45, 7) is 6.06. The smallest absolute Gasteiger partial charge is 0.245 e. The van der Waals surface area contributed by atoms with Crippen molar-refractivity contribution in [3.8, 4) is 17.1 Å². The van der Waals surface area contributed by atoms with Gasteiger partial charge in [0.05, 0.1) is 0 Å². The Kier molecular flexibility index (Phi) is 17.0. The second-order valence-electron chi connectivity index (χ2n) is 11.3. The van der Waals surface area contributed by atoms with Crippen molar-refractivity contribution in [3.05, 3.63) is 42.2 Å². The number of unbranched alkanes of at least 4 members (excludes halogenated alkanes) is 16. The van der Waals surface area contributed by atoms with E-state index in [0.29, 0.717) is 18.0 Å². The molecular formula is C34H55FN2O. The van der Waals surface area contributed by atoms with Crippen molar-refractivity contribution in [2.75, 3.05) is 0 Å². The van der Waals surface area contributed by atoms with Gasteiger partial charge in [-0.15, -0.1) is 0 Å². The van der Waals surface area contributed by atoms with E-state index in [-0.39, 0.29) is 0 Å². The van der Waals surface area contributed by atoms with Gasteiger partial charge in [-0.25, -0.2) is 9.97 Å². The van der Waals surface area contributed by atoms with E-state index in [1.54, 1.807) is 6.92 Å². The summed E-state index contributed by atoms with van der Waals surface area (Å²) in [5.74, 6) is -0.391. The largest absolute Gasteiger partial charge is 0.458 e. The van der Waals surface area contributed by atoms with Crippen molar-refractivity contribution >= 4 is 0 Å². The zero-order chi connectivity index (χ0) is 27.3. The second kappa shape index (κ2) is 20.0. The standard InChI is InChI=1S/C34H55FN2O/c1-4-6-8-10-12-14-16-18-20-22-30-28-36-33(37-29-30)31-23-25-32(26-24-31)38-34(3,35)27-21-19-17-15-13-11-9-7-5-2/h23-26,28-29H,4-22,27H2,1-3H3. The molecule has 1 atom stereocenters. The summed E-state index contributed by atoms with van der Waals surface area (Å²) in [4.78, 5) is 9.14. The first kappa shape index (κ1) is 32.2. The molecule has 1 aromatic carbocycles. The van der Waals surface area contributed by atoms with E-state index in [4.69, 9.17) is 4.74 Å². The van der Waals surface area contributed by atoms with Crippen LogP contribution in [-0.2, 0) is 6.42 Å². The van der Waals surface area contributed by atoms with Crippen molar-refractivity contribution in [2.24, 2.45) is 0 Å². The van der Waals surface area contributed by atoms with Gasteiger partial charge in [0.2, 0.25) is 5.85 Å². The first-order valence-electron chi connectivity index (χ1n) is 15.8. The molecule has 0 saturated heterocycles. The highest BCUT2D eigenvalue weighted by Gasteiger charge is 2.24. The van der Waals surface area contributed by atoms with Gasteiger partial charge in [-0.1, -0.05) is 117 Å². The molecule has 0 saturated carbocycles. The van der Waals surface area contributed by atoms with Gasteiger partial charge >= 0.3 is 0 Å². The molecule has 214 valence electrons. The molecule has 2 aromatic rings. The highest BCUT2D eigenvalue weighted by molar-refractivity contribution is 5.55. The fourth-order valence-corrected chi connectivity index (χ4v) is 4.99. The van der Waals surface area contributed by atoms with Crippen molar-refractivity contribution < 1.29 is 9.13 Å². The van der Waals surface area contributed by atoms with Crippen LogP contribution in [0.3, 0.4) is 0 Å². The van der Waals surface area contributed by atoms with Crippen LogP contribution < -0.4 is 4.74 Å². The van der Waals surface area contributed by atoms with E-state index in [0.717, 1.165) is 24.8 Å². The molecule has 2 rings (SSSR count). The van der Waals surface area contributed by atoms with Gasteiger partial charge in [0, 0.05) is 31.3 Å². The predicted molar refractivity (Wildman–Crippen MR) is 160 cm³/mol. The fourth-order valence-electron chi connectivity index (χ4n) is 4.99. The minimum absolute atomic E-state index is 0.425. The summed E-state index contributed by atoms with van der Waals surface area (Å²) in [6, 6.07) is 7.48. The van der Waals surface area contributed by atoms with Crippen LogP contribution in [0.2, 0.25) is 0 Å². The molecule has 0 amide bonds. The Hall–Kier alpha value is -1.97. The number of nitrogens with zero attached hydrogens (tertiary/aromatic N) is 2. The molecule has 0 aliphatic carbocycles. The molecule has 4 heteroatoms. The van der Waals surface area contributed by atoms with Crippen molar-refractivity contribution in [3.63, 3.8) is 0 Å². The summed E-state index contributed by atoms with van der Waals surface area (Å²) >= 11 is 0. The van der Waals surface area contributed by atoms with Gasteiger partial charge in [-0.3, -0.25) is 0 Å². The molecule has 0 bridgehead atoms. The third-order valence-electron chi connectivity index (χ3n) is 7.44. The zero-order valence-electron chi connectivity index (χ0n) is 24.8. The van der Waals surface area contributed by atoms with Crippen LogP contribution in [0.5, 0.6) is 5.75 Å². The lowest BCUT2D eigenvalue weighted by atomic mass is 10.0. The first-order chi connectivity index (χ1) is 18.5. The Morgan fingerprint density at radius 1 is 0.632 bits per heavy atom. The Balaban J connectivity index is 1.63. The minimum Gasteiger partial charge on any atom is -0.458 e. The average Bonchev–Trinajstić information content (AvgIpc) is 2.92. The maximum Gasteiger partial charge on any atom is 0.245 e.